The zero-order chi connectivity index (χ0) is 12.0. The Morgan fingerprint density at radius 3 is 2.69 bits per heavy atom. The fourth-order valence-electron chi connectivity index (χ4n) is 0.956. The number of rotatable bonds is 4. The van der Waals surface area contributed by atoms with Gasteiger partial charge in [-0.1, -0.05) is 0 Å². The smallest absolute Gasteiger partial charge is 0.407 e. The van der Waals surface area contributed by atoms with Crippen molar-refractivity contribution >= 4 is 6.21 Å². The van der Waals surface area contributed by atoms with E-state index >= 15 is 0 Å². The summed E-state index contributed by atoms with van der Waals surface area (Å²) in [5.41, 5.74) is 0.507. The van der Waals surface area contributed by atoms with Gasteiger partial charge in [-0.25, -0.2) is 4.98 Å². The molecule has 0 saturated carbocycles. The van der Waals surface area contributed by atoms with E-state index < -0.39 is 12.7 Å². The van der Waals surface area contributed by atoms with Crippen LogP contribution in [0.2, 0.25) is 0 Å². The minimum Gasteiger partial charge on any atom is -0.478 e. The molecule has 6 heteroatoms. The van der Waals surface area contributed by atoms with Crippen LogP contribution in [0.15, 0.2) is 23.3 Å². The quantitative estimate of drug-likeness (QED) is 0.747. The number of aliphatic imine (C=N–C) groups is 1. The Morgan fingerprint density at radius 2 is 2.19 bits per heavy atom. The molecule has 1 aromatic rings. The van der Waals surface area contributed by atoms with Crippen LogP contribution < -0.4 is 4.74 Å². The summed E-state index contributed by atoms with van der Waals surface area (Å²) in [6, 6.07) is 3.18. The number of halogens is 3. The first kappa shape index (κ1) is 12.5. The highest BCUT2D eigenvalue weighted by atomic mass is 19.4. The molecule has 1 heterocycles. The normalized spacial score (nSPS) is 12.0. The third-order valence-electron chi connectivity index (χ3n) is 1.56. The van der Waals surface area contributed by atoms with Crippen LogP contribution in [0, 0.1) is 0 Å². The molecular formula is C10H11F3N2O. The Labute approximate surface area is 91.0 Å². The molecule has 0 spiro atoms. The summed E-state index contributed by atoms with van der Waals surface area (Å²) in [6.45, 7) is 1.13. The minimum absolute atomic E-state index is 0.440. The molecule has 0 bridgehead atoms. The maximum atomic E-state index is 11.8. The SMILES string of the molecule is CCOc1ccc(C=NCC(F)(F)F)cn1. The van der Waals surface area contributed by atoms with Gasteiger partial charge in [0.1, 0.15) is 6.54 Å². The standard InChI is InChI=1S/C10H11F3N2O/c1-2-16-9-4-3-8(6-15-9)5-14-7-10(11,12)13/h3-6H,2,7H2,1H3. The van der Waals surface area contributed by atoms with E-state index in [9.17, 15) is 13.2 Å². The first-order valence-corrected chi connectivity index (χ1v) is 4.66. The summed E-state index contributed by atoms with van der Waals surface area (Å²) in [7, 11) is 0. The van der Waals surface area contributed by atoms with Gasteiger partial charge in [0.15, 0.2) is 0 Å². The highest BCUT2D eigenvalue weighted by Gasteiger charge is 2.25. The van der Waals surface area contributed by atoms with E-state index in [2.05, 4.69) is 9.98 Å². The summed E-state index contributed by atoms with van der Waals surface area (Å²) >= 11 is 0. The van der Waals surface area contributed by atoms with Crippen molar-refractivity contribution in [3.63, 3.8) is 0 Å². The third-order valence-corrected chi connectivity index (χ3v) is 1.56. The maximum absolute atomic E-state index is 11.8. The van der Waals surface area contributed by atoms with Crippen LogP contribution in [-0.4, -0.2) is 30.5 Å². The first-order valence-electron chi connectivity index (χ1n) is 4.66. The van der Waals surface area contributed by atoms with Gasteiger partial charge in [-0.3, -0.25) is 4.99 Å². The van der Waals surface area contributed by atoms with Gasteiger partial charge in [-0.15, -0.1) is 0 Å². The summed E-state index contributed by atoms with van der Waals surface area (Å²) in [6.07, 6.45) is -1.73. The average molecular weight is 232 g/mol. The number of hydrogen-bond donors (Lipinski definition) is 0. The number of ether oxygens (including phenoxy) is 1. The fraction of sp³-hybridized carbons (Fsp3) is 0.400. The topological polar surface area (TPSA) is 34.5 Å². The molecule has 3 nitrogen and oxygen atoms in total. The number of aromatic nitrogens is 1. The van der Waals surface area contributed by atoms with Crippen LogP contribution in [-0.2, 0) is 0 Å². The van der Waals surface area contributed by atoms with Crippen LogP contribution >= 0.6 is 0 Å². The summed E-state index contributed by atoms with van der Waals surface area (Å²) in [5, 5.41) is 0. The molecule has 88 valence electrons. The van der Waals surface area contributed by atoms with E-state index in [1.165, 1.54) is 6.20 Å². The Bertz CT molecular complexity index is 346. The van der Waals surface area contributed by atoms with Crippen LogP contribution in [0.25, 0.3) is 0 Å². The van der Waals surface area contributed by atoms with Gasteiger partial charge in [0.25, 0.3) is 0 Å². The van der Waals surface area contributed by atoms with Gasteiger partial charge < -0.3 is 4.74 Å². The Morgan fingerprint density at radius 1 is 1.44 bits per heavy atom. The number of nitrogens with zero attached hydrogens (tertiary/aromatic N) is 2. The molecule has 0 aliphatic carbocycles. The molecule has 16 heavy (non-hydrogen) atoms. The Kier molecular flexibility index (Phi) is 4.28. The molecule has 0 unspecified atom stereocenters. The zero-order valence-corrected chi connectivity index (χ0v) is 8.66. The third kappa shape index (κ3) is 4.77. The predicted octanol–water partition coefficient (Wildman–Crippen LogP) is 2.46. The van der Waals surface area contributed by atoms with Crippen LogP contribution in [0.1, 0.15) is 12.5 Å². The molecule has 0 amide bonds. The number of hydrogen-bond acceptors (Lipinski definition) is 3. The Balaban J connectivity index is 2.55. The molecule has 0 aliphatic rings. The lowest BCUT2D eigenvalue weighted by atomic mass is 10.3. The van der Waals surface area contributed by atoms with Crippen molar-refractivity contribution < 1.29 is 17.9 Å². The van der Waals surface area contributed by atoms with Crippen molar-refractivity contribution in [3.05, 3.63) is 23.9 Å². The summed E-state index contributed by atoms with van der Waals surface area (Å²) < 4.78 is 40.4. The molecule has 0 aliphatic heterocycles. The minimum atomic E-state index is -4.27. The van der Waals surface area contributed by atoms with Gasteiger partial charge in [-0.05, 0) is 13.0 Å². The molecule has 1 aromatic heterocycles. The molecule has 1 rings (SSSR count). The van der Waals surface area contributed by atoms with Crippen molar-refractivity contribution in [2.45, 2.75) is 13.1 Å². The lowest BCUT2D eigenvalue weighted by Gasteiger charge is -2.01. The van der Waals surface area contributed by atoms with Crippen molar-refractivity contribution in [3.8, 4) is 5.88 Å². The second kappa shape index (κ2) is 5.48. The van der Waals surface area contributed by atoms with Gasteiger partial charge >= 0.3 is 6.18 Å². The lowest BCUT2D eigenvalue weighted by molar-refractivity contribution is -0.118. The second-order valence-electron chi connectivity index (χ2n) is 2.95. The van der Waals surface area contributed by atoms with E-state index in [1.54, 1.807) is 12.1 Å². The molecule has 0 atom stereocenters. The van der Waals surface area contributed by atoms with Crippen molar-refractivity contribution in [2.24, 2.45) is 4.99 Å². The van der Waals surface area contributed by atoms with E-state index in [-0.39, 0.29) is 0 Å². The summed E-state index contributed by atoms with van der Waals surface area (Å²) in [5.74, 6) is 0.440. The average Bonchev–Trinajstić information content (AvgIpc) is 2.19. The number of pyridine rings is 1. The Hall–Kier alpha value is -1.59. The fourth-order valence-corrected chi connectivity index (χ4v) is 0.956. The van der Waals surface area contributed by atoms with Crippen molar-refractivity contribution in [1.82, 2.24) is 4.98 Å². The van der Waals surface area contributed by atoms with Gasteiger partial charge in [-0.2, -0.15) is 13.2 Å². The van der Waals surface area contributed by atoms with E-state index in [1.807, 2.05) is 6.92 Å². The predicted molar refractivity (Wildman–Crippen MR) is 53.9 cm³/mol. The van der Waals surface area contributed by atoms with Crippen LogP contribution in [0.5, 0.6) is 5.88 Å². The molecule has 0 radical (unpaired) electrons. The monoisotopic (exact) mass is 232 g/mol. The molecular weight excluding hydrogens is 221 g/mol. The molecule has 0 fully saturated rings. The van der Waals surface area contributed by atoms with Gasteiger partial charge in [0.2, 0.25) is 5.88 Å². The molecule has 0 saturated heterocycles. The first-order chi connectivity index (χ1) is 7.51. The molecule has 0 N–H and O–H groups in total. The maximum Gasteiger partial charge on any atom is 0.407 e. The molecule has 0 aromatic carbocycles. The zero-order valence-electron chi connectivity index (χ0n) is 8.66. The summed E-state index contributed by atoms with van der Waals surface area (Å²) in [4.78, 5) is 7.15. The van der Waals surface area contributed by atoms with Crippen LogP contribution in [0.4, 0.5) is 13.2 Å². The van der Waals surface area contributed by atoms with E-state index in [0.29, 0.717) is 18.1 Å². The van der Waals surface area contributed by atoms with Crippen molar-refractivity contribution in [2.75, 3.05) is 13.2 Å². The van der Waals surface area contributed by atoms with Gasteiger partial charge in [0, 0.05) is 24.0 Å². The lowest BCUT2D eigenvalue weighted by Crippen LogP contribution is -2.11. The van der Waals surface area contributed by atoms with E-state index in [0.717, 1.165) is 6.21 Å². The van der Waals surface area contributed by atoms with Crippen LogP contribution in [0.3, 0.4) is 0 Å². The van der Waals surface area contributed by atoms with E-state index in [4.69, 9.17) is 4.74 Å². The highest BCUT2D eigenvalue weighted by Crippen LogP contribution is 2.14. The number of alkyl halides is 3. The second-order valence-corrected chi connectivity index (χ2v) is 2.95. The van der Waals surface area contributed by atoms with Crippen molar-refractivity contribution in [1.29, 1.82) is 0 Å². The largest absolute Gasteiger partial charge is 0.478 e. The highest BCUT2D eigenvalue weighted by molar-refractivity contribution is 5.79. The van der Waals surface area contributed by atoms with Gasteiger partial charge in [0.05, 0.1) is 6.61 Å².